The summed E-state index contributed by atoms with van der Waals surface area (Å²) in [4.78, 5) is 0. The predicted octanol–water partition coefficient (Wildman–Crippen LogP) is 3.84. The minimum absolute atomic E-state index is 0.0750. The van der Waals surface area contributed by atoms with Gasteiger partial charge in [-0.1, -0.05) is 18.2 Å². The van der Waals surface area contributed by atoms with Crippen molar-refractivity contribution in [1.29, 1.82) is 0 Å². The molecule has 106 valence electrons. The molecule has 0 atom stereocenters. The maximum atomic E-state index is 12.3. The molecule has 0 aliphatic heterocycles. The van der Waals surface area contributed by atoms with E-state index in [-0.39, 0.29) is 5.69 Å². The molecule has 6 heteroatoms. The Morgan fingerprint density at radius 1 is 1.00 bits per heavy atom. The number of rotatable bonds is 3. The fourth-order valence-electron chi connectivity index (χ4n) is 1.73. The maximum Gasteiger partial charge on any atom is 0.573 e. The molecule has 0 saturated heterocycles. The Labute approximate surface area is 113 Å². The Kier molecular flexibility index (Phi) is 3.74. The number of nitrogens with two attached hydrogens (primary N) is 1. The van der Waals surface area contributed by atoms with Crippen LogP contribution in [0.3, 0.4) is 0 Å². The Morgan fingerprint density at radius 2 is 1.70 bits per heavy atom. The van der Waals surface area contributed by atoms with Crippen molar-refractivity contribution >= 4 is 5.69 Å². The van der Waals surface area contributed by atoms with E-state index in [4.69, 9.17) is 10.5 Å². The monoisotopic (exact) mass is 283 g/mol. The highest BCUT2D eigenvalue weighted by molar-refractivity contribution is 5.70. The summed E-state index contributed by atoms with van der Waals surface area (Å²) in [5, 5.41) is 0. The van der Waals surface area contributed by atoms with E-state index in [9.17, 15) is 13.2 Å². The second-order valence-corrected chi connectivity index (χ2v) is 4.03. The summed E-state index contributed by atoms with van der Waals surface area (Å²) in [6.45, 7) is 0. The molecule has 2 aromatic carbocycles. The van der Waals surface area contributed by atoms with Gasteiger partial charge in [-0.3, -0.25) is 0 Å². The van der Waals surface area contributed by atoms with Crippen LogP contribution in [0.5, 0.6) is 11.5 Å². The van der Waals surface area contributed by atoms with Crippen LogP contribution in [0.15, 0.2) is 42.5 Å². The van der Waals surface area contributed by atoms with Crippen LogP contribution in [-0.2, 0) is 0 Å². The quantitative estimate of drug-likeness (QED) is 0.870. The fourth-order valence-corrected chi connectivity index (χ4v) is 1.73. The van der Waals surface area contributed by atoms with Crippen molar-refractivity contribution in [2.75, 3.05) is 12.8 Å². The summed E-state index contributed by atoms with van der Waals surface area (Å²) in [5.74, 6) is 0.190. The van der Waals surface area contributed by atoms with Gasteiger partial charge in [-0.15, -0.1) is 13.2 Å². The van der Waals surface area contributed by atoms with Gasteiger partial charge in [0.15, 0.2) is 5.75 Å². The number of hydrogen-bond donors (Lipinski definition) is 1. The molecule has 0 bridgehead atoms. The first-order valence-corrected chi connectivity index (χ1v) is 5.69. The van der Waals surface area contributed by atoms with Crippen molar-refractivity contribution < 1.29 is 22.6 Å². The second-order valence-electron chi connectivity index (χ2n) is 4.03. The largest absolute Gasteiger partial charge is 0.573 e. The summed E-state index contributed by atoms with van der Waals surface area (Å²) < 4.78 is 45.8. The van der Waals surface area contributed by atoms with Gasteiger partial charge in [0.1, 0.15) is 5.75 Å². The molecule has 2 aromatic rings. The molecule has 0 saturated carbocycles. The molecule has 20 heavy (non-hydrogen) atoms. The van der Waals surface area contributed by atoms with Crippen molar-refractivity contribution in [2.24, 2.45) is 0 Å². The zero-order chi connectivity index (χ0) is 14.8. The molecule has 3 nitrogen and oxygen atoms in total. The first-order valence-electron chi connectivity index (χ1n) is 5.69. The van der Waals surface area contributed by atoms with Crippen LogP contribution in [-0.4, -0.2) is 13.5 Å². The Morgan fingerprint density at radius 3 is 2.35 bits per heavy atom. The lowest BCUT2D eigenvalue weighted by Crippen LogP contribution is -2.18. The number of nitrogen functional groups attached to an aromatic ring is 1. The van der Waals surface area contributed by atoms with E-state index >= 15 is 0 Å². The third-order valence-electron chi connectivity index (χ3n) is 2.64. The minimum atomic E-state index is -4.78. The predicted molar refractivity (Wildman–Crippen MR) is 69.5 cm³/mol. The fraction of sp³-hybridized carbons (Fsp3) is 0.143. The van der Waals surface area contributed by atoms with E-state index < -0.39 is 12.1 Å². The van der Waals surface area contributed by atoms with Crippen LogP contribution in [0, 0.1) is 0 Å². The third kappa shape index (κ3) is 3.34. The highest BCUT2D eigenvalue weighted by atomic mass is 19.4. The Balaban J connectivity index is 2.40. The summed E-state index contributed by atoms with van der Waals surface area (Å²) >= 11 is 0. The van der Waals surface area contributed by atoms with Gasteiger partial charge in [0.2, 0.25) is 0 Å². The molecule has 2 rings (SSSR count). The van der Waals surface area contributed by atoms with Gasteiger partial charge in [-0.2, -0.15) is 0 Å². The van der Waals surface area contributed by atoms with E-state index in [1.807, 2.05) is 0 Å². The van der Waals surface area contributed by atoms with Crippen LogP contribution >= 0.6 is 0 Å². The first-order chi connectivity index (χ1) is 9.39. The van der Waals surface area contributed by atoms with Gasteiger partial charge < -0.3 is 15.2 Å². The van der Waals surface area contributed by atoms with E-state index in [1.165, 1.54) is 19.2 Å². The van der Waals surface area contributed by atoms with Crippen LogP contribution in [0.4, 0.5) is 18.9 Å². The molecule has 0 unspecified atom stereocenters. The average molecular weight is 283 g/mol. The molecule has 0 aromatic heterocycles. The van der Waals surface area contributed by atoms with E-state index in [2.05, 4.69) is 4.74 Å². The van der Waals surface area contributed by atoms with Crippen LogP contribution in [0.1, 0.15) is 0 Å². The van der Waals surface area contributed by atoms with E-state index in [1.54, 1.807) is 30.3 Å². The van der Waals surface area contributed by atoms with Crippen molar-refractivity contribution in [2.45, 2.75) is 6.36 Å². The number of methoxy groups -OCH3 is 1. The molecule has 0 aliphatic rings. The van der Waals surface area contributed by atoms with Crippen LogP contribution in [0.25, 0.3) is 11.1 Å². The topological polar surface area (TPSA) is 44.5 Å². The van der Waals surface area contributed by atoms with Crippen LogP contribution in [0.2, 0.25) is 0 Å². The summed E-state index contributed by atoms with van der Waals surface area (Å²) in [5.41, 5.74) is 6.66. The second kappa shape index (κ2) is 5.32. The van der Waals surface area contributed by atoms with Crippen molar-refractivity contribution in [3.8, 4) is 22.6 Å². The van der Waals surface area contributed by atoms with Crippen molar-refractivity contribution in [3.05, 3.63) is 42.5 Å². The summed E-state index contributed by atoms with van der Waals surface area (Å²) in [7, 11) is 1.51. The third-order valence-corrected chi connectivity index (χ3v) is 2.64. The summed E-state index contributed by atoms with van der Waals surface area (Å²) in [6, 6.07) is 11.2. The molecule has 0 aliphatic carbocycles. The highest BCUT2D eigenvalue weighted by Gasteiger charge is 2.32. The van der Waals surface area contributed by atoms with Gasteiger partial charge >= 0.3 is 6.36 Å². The number of alkyl halides is 3. The van der Waals surface area contributed by atoms with Crippen molar-refractivity contribution in [1.82, 2.24) is 0 Å². The van der Waals surface area contributed by atoms with Crippen LogP contribution < -0.4 is 15.2 Å². The zero-order valence-electron chi connectivity index (χ0n) is 10.6. The minimum Gasteiger partial charge on any atom is -0.497 e. The van der Waals surface area contributed by atoms with Gasteiger partial charge in [0.25, 0.3) is 0 Å². The molecule has 0 fully saturated rings. The Bertz CT molecular complexity index is 612. The van der Waals surface area contributed by atoms with Crippen molar-refractivity contribution in [3.63, 3.8) is 0 Å². The molecule has 0 radical (unpaired) electrons. The molecule has 2 N–H and O–H groups in total. The molecular formula is C14H12F3NO2. The zero-order valence-corrected chi connectivity index (χ0v) is 10.6. The van der Waals surface area contributed by atoms with Gasteiger partial charge in [-0.25, -0.2) is 0 Å². The number of ether oxygens (including phenoxy) is 2. The smallest absolute Gasteiger partial charge is 0.497 e. The highest BCUT2D eigenvalue weighted by Crippen LogP contribution is 2.33. The SMILES string of the molecule is COc1cccc(-c2ccc(N)c(OC(F)(F)F)c2)c1. The van der Waals surface area contributed by atoms with E-state index in [0.29, 0.717) is 16.9 Å². The number of anilines is 1. The number of benzene rings is 2. The normalized spacial score (nSPS) is 11.2. The lowest BCUT2D eigenvalue weighted by molar-refractivity contribution is -0.274. The standard InChI is InChI=1S/C14H12F3NO2/c1-19-11-4-2-3-9(7-11)10-5-6-12(18)13(8-10)20-14(15,16)17/h2-8H,18H2,1H3. The molecule has 0 amide bonds. The van der Waals surface area contributed by atoms with Gasteiger partial charge in [0, 0.05) is 0 Å². The lowest BCUT2D eigenvalue weighted by atomic mass is 10.0. The molecule has 0 spiro atoms. The average Bonchev–Trinajstić information content (AvgIpc) is 2.40. The Hall–Kier alpha value is -2.37. The number of hydrogen-bond acceptors (Lipinski definition) is 3. The molecular weight excluding hydrogens is 271 g/mol. The lowest BCUT2D eigenvalue weighted by Gasteiger charge is -2.13. The maximum absolute atomic E-state index is 12.3. The first kappa shape index (κ1) is 14.0. The van der Waals surface area contributed by atoms with E-state index in [0.717, 1.165) is 0 Å². The van der Waals surface area contributed by atoms with Gasteiger partial charge in [0.05, 0.1) is 12.8 Å². The summed E-state index contributed by atoms with van der Waals surface area (Å²) in [6.07, 6.45) is -4.78. The molecule has 0 heterocycles. The van der Waals surface area contributed by atoms with Gasteiger partial charge in [-0.05, 0) is 35.4 Å². The number of halogens is 3.